The van der Waals surface area contributed by atoms with Crippen LogP contribution in [0.2, 0.25) is 0 Å². The normalized spacial score (nSPS) is 17.7. The molecule has 1 aliphatic carbocycles. The lowest BCUT2D eigenvalue weighted by Crippen LogP contribution is -2.35. The number of aryl methyl sites for hydroxylation is 2. The molecule has 1 heterocycles. The lowest BCUT2D eigenvalue weighted by Gasteiger charge is -2.31. The molecular weight excluding hydrogens is 482 g/mol. The van der Waals surface area contributed by atoms with Gasteiger partial charge in [0, 0.05) is 24.9 Å². The fraction of sp³-hybridized carbons (Fsp3) is 0.571. The average Bonchev–Trinajstić information content (AvgIpc) is 3.81. The van der Waals surface area contributed by atoms with E-state index in [9.17, 15) is 4.79 Å². The smallest absolute Gasteiger partial charge is 0.337 e. The molecule has 0 spiro atoms. The van der Waals surface area contributed by atoms with E-state index in [1.165, 1.54) is 31.1 Å². The van der Waals surface area contributed by atoms with Crippen LogP contribution < -0.4 is 9.64 Å². The SMILES string of the molecule is CC.CC#CC(CC(CC)CN1CC(CCCc2cccc(C)c2)COc2ccc(C(=O)OC)cc21)C1CC1. The predicted molar refractivity (Wildman–Crippen MR) is 163 cm³/mol. The molecule has 0 N–H and O–H groups in total. The van der Waals surface area contributed by atoms with Crippen LogP contribution in [0.3, 0.4) is 0 Å². The number of anilines is 1. The number of carbonyl (C=O) groups excluding carboxylic acids is 1. The van der Waals surface area contributed by atoms with Crippen molar-refractivity contribution in [1.82, 2.24) is 0 Å². The van der Waals surface area contributed by atoms with E-state index in [-0.39, 0.29) is 5.97 Å². The number of benzene rings is 2. The van der Waals surface area contributed by atoms with Gasteiger partial charge in [0.25, 0.3) is 0 Å². The molecule has 212 valence electrons. The van der Waals surface area contributed by atoms with Crippen molar-refractivity contribution in [3.8, 4) is 17.6 Å². The summed E-state index contributed by atoms with van der Waals surface area (Å²) in [4.78, 5) is 14.8. The summed E-state index contributed by atoms with van der Waals surface area (Å²) < 4.78 is 11.4. The standard InChI is InChI=1S/C33H43NO3.C2H6/c1-5-9-29(28-14-15-28)19-25(6-2)21-34-22-27(13-8-12-26-11-7-10-24(3)18-26)23-37-32-17-16-30(20-31(32)34)33(35)36-4;1-2/h7,10-11,16-18,20,25,27-29H,6,8,12-15,19,21-23H2,1-4H3;1-2H3. The minimum Gasteiger partial charge on any atom is -0.491 e. The zero-order chi connectivity index (χ0) is 28.2. The Morgan fingerprint density at radius 3 is 2.64 bits per heavy atom. The Labute approximate surface area is 237 Å². The van der Waals surface area contributed by atoms with E-state index in [0.717, 1.165) is 62.5 Å². The van der Waals surface area contributed by atoms with E-state index in [0.29, 0.717) is 29.9 Å². The number of hydrogen-bond donors (Lipinski definition) is 0. The van der Waals surface area contributed by atoms with Crippen LogP contribution in [0.5, 0.6) is 5.75 Å². The zero-order valence-electron chi connectivity index (χ0n) is 25.1. The van der Waals surface area contributed by atoms with Crippen molar-refractivity contribution in [3.63, 3.8) is 0 Å². The first kappa shape index (κ1) is 30.6. The number of fused-ring (bicyclic) bond motifs is 1. The van der Waals surface area contributed by atoms with Crippen LogP contribution in [0.25, 0.3) is 0 Å². The molecule has 4 heteroatoms. The zero-order valence-corrected chi connectivity index (χ0v) is 25.1. The Hall–Kier alpha value is -2.93. The molecule has 0 aromatic heterocycles. The molecule has 1 fully saturated rings. The first-order chi connectivity index (χ1) is 19.0. The average molecular weight is 532 g/mol. The van der Waals surface area contributed by atoms with Gasteiger partial charge in [-0.25, -0.2) is 4.79 Å². The van der Waals surface area contributed by atoms with E-state index in [1.54, 1.807) is 0 Å². The van der Waals surface area contributed by atoms with Crippen molar-refractivity contribution >= 4 is 11.7 Å². The number of rotatable bonds is 11. The van der Waals surface area contributed by atoms with Gasteiger partial charge >= 0.3 is 5.97 Å². The van der Waals surface area contributed by atoms with Crippen molar-refractivity contribution in [3.05, 3.63) is 59.2 Å². The van der Waals surface area contributed by atoms with Crippen LogP contribution in [0, 0.1) is 42.4 Å². The first-order valence-corrected chi connectivity index (χ1v) is 15.1. The topological polar surface area (TPSA) is 38.8 Å². The van der Waals surface area contributed by atoms with Gasteiger partial charge in [-0.1, -0.05) is 62.9 Å². The van der Waals surface area contributed by atoms with Crippen molar-refractivity contribution in [1.29, 1.82) is 0 Å². The Bertz CT molecular complexity index is 1110. The molecule has 1 aliphatic heterocycles. The van der Waals surface area contributed by atoms with Crippen LogP contribution in [0.1, 0.15) is 87.7 Å². The predicted octanol–water partition coefficient (Wildman–Crippen LogP) is 8.11. The summed E-state index contributed by atoms with van der Waals surface area (Å²) in [6.07, 6.45) is 8.25. The number of esters is 1. The maximum atomic E-state index is 12.3. The van der Waals surface area contributed by atoms with Crippen LogP contribution in [0.15, 0.2) is 42.5 Å². The van der Waals surface area contributed by atoms with Gasteiger partial charge in [0.15, 0.2) is 0 Å². The minimum absolute atomic E-state index is 0.305. The summed E-state index contributed by atoms with van der Waals surface area (Å²) in [6, 6.07) is 14.6. The van der Waals surface area contributed by atoms with Gasteiger partial charge in [0.1, 0.15) is 5.75 Å². The van der Waals surface area contributed by atoms with Crippen LogP contribution >= 0.6 is 0 Å². The molecule has 0 radical (unpaired) electrons. The van der Waals surface area contributed by atoms with E-state index >= 15 is 0 Å². The van der Waals surface area contributed by atoms with Gasteiger partial charge < -0.3 is 14.4 Å². The van der Waals surface area contributed by atoms with Gasteiger partial charge in [-0.3, -0.25) is 0 Å². The molecule has 39 heavy (non-hydrogen) atoms. The van der Waals surface area contributed by atoms with Crippen LogP contribution in [-0.2, 0) is 11.2 Å². The van der Waals surface area contributed by atoms with Crippen molar-refractivity contribution in [2.75, 3.05) is 31.7 Å². The molecule has 0 saturated heterocycles. The molecule has 3 atom stereocenters. The Balaban J connectivity index is 0.00000205. The molecule has 3 unspecified atom stereocenters. The van der Waals surface area contributed by atoms with Gasteiger partial charge in [-0.2, -0.15) is 0 Å². The number of carbonyl (C=O) groups is 1. The van der Waals surface area contributed by atoms with E-state index < -0.39 is 0 Å². The molecule has 2 aliphatic rings. The molecule has 2 aromatic rings. The van der Waals surface area contributed by atoms with Gasteiger partial charge in [-0.15, -0.1) is 5.92 Å². The molecule has 4 nitrogen and oxygen atoms in total. The maximum absolute atomic E-state index is 12.3. The number of hydrogen-bond acceptors (Lipinski definition) is 4. The highest BCUT2D eigenvalue weighted by atomic mass is 16.5. The Kier molecular flexibility index (Phi) is 12.2. The summed E-state index contributed by atoms with van der Waals surface area (Å²) >= 11 is 0. The second-order valence-electron chi connectivity index (χ2n) is 11.0. The lowest BCUT2D eigenvalue weighted by atomic mass is 9.88. The highest BCUT2D eigenvalue weighted by Gasteiger charge is 2.33. The summed E-state index contributed by atoms with van der Waals surface area (Å²) in [6.45, 7) is 13.0. The fourth-order valence-electron chi connectivity index (χ4n) is 5.71. The first-order valence-electron chi connectivity index (χ1n) is 15.1. The van der Waals surface area contributed by atoms with E-state index in [4.69, 9.17) is 9.47 Å². The van der Waals surface area contributed by atoms with Crippen molar-refractivity contribution < 1.29 is 14.3 Å². The second kappa shape index (κ2) is 15.6. The molecular formula is C35H49NO3. The van der Waals surface area contributed by atoms with Crippen molar-refractivity contribution in [2.45, 2.75) is 79.6 Å². The molecule has 1 saturated carbocycles. The maximum Gasteiger partial charge on any atom is 0.337 e. The van der Waals surface area contributed by atoms with Gasteiger partial charge in [0.2, 0.25) is 0 Å². The second-order valence-corrected chi connectivity index (χ2v) is 11.0. The van der Waals surface area contributed by atoms with Crippen LogP contribution in [0.4, 0.5) is 5.69 Å². The van der Waals surface area contributed by atoms with Crippen LogP contribution in [-0.4, -0.2) is 32.8 Å². The van der Waals surface area contributed by atoms with Gasteiger partial charge in [-0.05, 0) is 88.0 Å². The lowest BCUT2D eigenvalue weighted by molar-refractivity contribution is 0.0600. The highest BCUT2D eigenvalue weighted by Crippen LogP contribution is 2.41. The molecule has 0 amide bonds. The van der Waals surface area contributed by atoms with E-state index in [2.05, 4.69) is 54.9 Å². The molecule has 0 bridgehead atoms. The number of nitrogens with zero attached hydrogens (tertiary/aromatic N) is 1. The summed E-state index contributed by atoms with van der Waals surface area (Å²) in [5.41, 5.74) is 4.33. The van der Waals surface area contributed by atoms with Crippen molar-refractivity contribution in [2.24, 2.45) is 23.7 Å². The van der Waals surface area contributed by atoms with Gasteiger partial charge in [0.05, 0.1) is 25.0 Å². The Morgan fingerprint density at radius 2 is 1.97 bits per heavy atom. The largest absolute Gasteiger partial charge is 0.491 e. The summed E-state index contributed by atoms with van der Waals surface area (Å²) in [5, 5.41) is 0. The summed E-state index contributed by atoms with van der Waals surface area (Å²) in [5.74, 6) is 9.53. The fourth-order valence-corrected chi connectivity index (χ4v) is 5.71. The number of ether oxygens (including phenoxy) is 2. The third-order valence-electron chi connectivity index (χ3n) is 8.00. The summed E-state index contributed by atoms with van der Waals surface area (Å²) in [7, 11) is 1.44. The third kappa shape index (κ3) is 9.06. The third-order valence-corrected chi connectivity index (χ3v) is 8.00. The monoisotopic (exact) mass is 531 g/mol. The Morgan fingerprint density at radius 1 is 1.18 bits per heavy atom. The highest BCUT2D eigenvalue weighted by molar-refractivity contribution is 5.91. The molecule has 2 aromatic carbocycles. The number of methoxy groups -OCH3 is 1. The van der Waals surface area contributed by atoms with E-state index in [1.807, 2.05) is 39.0 Å². The molecule has 4 rings (SSSR count). The quantitative estimate of drug-likeness (QED) is 0.217. The minimum atomic E-state index is -0.305.